The molecular formula is C13H27N. The van der Waals surface area contributed by atoms with E-state index < -0.39 is 0 Å². The molecular weight excluding hydrogens is 170 g/mol. The van der Waals surface area contributed by atoms with E-state index in [1.165, 1.54) is 12.0 Å². The van der Waals surface area contributed by atoms with Crippen LogP contribution in [0.15, 0.2) is 12.2 Å². The zero-order valence-corrected chi connectivity index (χ0v) is 10.6. The Hall–Kier alpha value is -0.300. The first-order valence-corrected chi connectivity index (χ1v) is 5.86. The molecule has 0 aromatic heterocycles. The van der Waals surface area contributed by atoms with Crippen LogP contribution in [-0.4, -0.2) is 12.6 Å². The second-order valence-electron chi connectivity index (χ2n) is 4.76. The van der Waals surface area contributed by atoms with Crippen molar-refractivity contribution in [3.8, 4) is 0 Å². The van der Waals surface area contributed by atoms with Crippen molar-refractivity contribution in [3.63, 3.8) is 0 Å². The Balaban J connectivity index is 4.06. The molecule has 1 N–H and O–H groups in total. The Morgan fingerprint density at radius 1 is 1.29 bits per heavy atom. The Morgan fingerprint density at radius 3 is 2.21 bits per heavy atom. The molecule has 0 aliphatic carbocycles. The molecule has 1 heteroatoms. The maximum Gasteiger partial charge on any atom is 0.00980 e. The third-order valence-electron chi connectivity index (χ3n) is 3.03. The Bertz CT molecular complexity index is 161. The third-order valence-corrected chi connectivity index (χ3v) is 3.03. The molecule has 84 valence electrons. The molecule has 0 saturated heterocycles. The van der Waals surface area contributed by atoms with Gasteiger partial charge in [0.25, 0.3) is 0 Å². The average Bonchev–Trinajstić information content (AvgIpc) is 2.10. The summed E-state index contributed by atoms with van der Waals surface area (Å²) < 4.78 is 0. The van der Waals surface area contributed by atoms with Crippen molar-refractivity contribution in [2.75, 3.05) is 6.54 Å². The standard InChI is InChI=1S/C13H27N/c1-7-14-13(9-8-10(2)3)12(6)11(4)5/h11-14H,2,7-9H2,1,3-6H3. The van der Waals surface area contributed by atoms with Crippen LogP contribution in [0.3, 0.4) is 0 Å². The van der Waals surface area contributed by atoms with Gasteiger partial charge in [0.05, 0.1) is 0 Å². The van der Waals surface area contributed by atoms with Gasteiger partial charge in [-0.3, -0.25) is 0 Å². The molecule has 0 rings (SSSR count). The normalized spacial score (nSPS) is 15.6. The predicted octanol–water partition coefficient (Wildman–Crippen LogP) is 3.61. The van der Waals surface area contributed by atoms with Crippen molar-refractivity contribution in [2.24, 2.45) is 11.8 Å². The third kappa shape index (κ3) is 5.43. The van der Waals surface area contributed by atoms with Gasteiger partial charge in [-0.2, -0.15) is 0 Å². The molecule has 2 atom stereocenters. The summed E-state index contributed by atoms with van der Waals surface area (Å²) >= 11 is 0. The minimum Gasteiger partial charge on any atom is -0.314 e. The molecule has 0 fully saturated rings. The fraction of sp³-hybridized carbons (Fsp3) is 0.846. The van der Waals surface area contributed by atoms with Gasteiger partial charge in [0.2, 0.25) is 0 Å². The molecule has 0 aromatic carbocycles. The van der Waals surface area contributed by atoms with Crippen LogP contribution in [-0.2, 0) is 0 Å². The van der Waals surface area contributed by atoms with Crippen LogP contribution < -0.4 is 5.32 Å². The molecule has 0 saturated carbocycles. The molecule has 0 aliphatic heterocycles. The topological polar surface area (TPSA) is 12.0 Å². The number of hydrogen-bond acceptors (Lipinski definition) is 1. The number of nitrogens with one attached hydrogen (secondary N) is 1. The summed E-state index contributed by atoms with van der Waals surface area (Å²) in [6.07, 6.45) is 2.37. The van der Waals surface area contributed by atoms with E-state index in [1.54, 1.807) is 0 Å². The van der Waals surface area contributed by atoms with Crippen LogP contribution in [0.25, 0.3) is 0 Å². The van der Waals surface area contributed by atoms with E-state index in [1.807, 2.05) is 0 Å². The molecule has 0 heterocycles. The number of allylic oxidation sites excluding steroid dienone is 1. The van der Waals surface area contributed by atoms with Gasteiger partial charge in [-0.15, -0.1) is 6.58 Å². The lowest BCUT2D eigenvalue weighted by Gasteiger charge is -2.27. The number of hydrogen-bond donors (Lipinski definition) is 1. The van der Waals surface area contributed by atoms with Gasteiger partial charge in [0.15, 0.2) is 0 Å². The molecule has 0 amide bonds. The maximum atomic E-state index is 3.96. The zero-order valence-electron chi connectivity index (χ0n) is 10.6. The highest BCUT2D eigenvalue weighted by atomic mass is 14.9. The molecule has 2 unspecified atom stereocenters. The summed E-state index contributed by atoms with van der Waals surface area (Å²) in [4.78, 5) is 0. The summed E-state index contributed by atoms with van der Waals surface area (Å²) in [6, 6.07) is 0.650. The molecule has 0 aromatic rings. The van der Waals surface area contributed by atoms with Crippen molar-refractivity contribution in [3.05, 3.63) is 12.2 Å². The van der Waals surface area contributed by atoms with Gasteiger partial charge >= 0.3 is 0 Å². The predicted molar refractivity (Wildman–Crippen MR) is 65.5 cm³/mol. The van der Waals surface area contributed by atoms with Gasteiger partial charge in [0, 0.05) is 6.04 Å². The molecule has 0 bridgehead atoms. The van der Waals surface area contributed by atoms with E-state index in [4.69, 9.17) is 0 Å². The second-order valence-corrected chi connectivity index (χ2v) is 4.76. The van der Waals surface area contributed by atoms with Crippen molar-refractivity contribution in [1.82, 2.24) is 5.32 Å². The maximum absolute atomic E-state index is 3.96. The lowest BCUT2D eigenvalue weighted by Crippen LogP contribution is -2.37. The van der Waals surface area contributed by atoms with Crippen molar-refractivity contribution < 1.29 is 0 Å². The SMILES string of the molecule is C=C(C)CCC(NCC)C(C)C(C)C. The summed E-state index contributed by atoms with van der Waals surface area (Å²) in [6.45, 7) is 16.3. The summed E-state index contributed by atoms with van der Waals surface area (Å²) in [5, 5.41) is 3.58. The van der Waals surface area contributed by atoms with Crippen molar-refractivity contribution in [2.45, 2.75) is 53.5 Å². The minimum absolute atomic E-state index is 0.650. The highest BCUT2D eigenvalue weighted by molar-refractivity contribution is 4.90. The monoisotopic (exact) mass is 197 g/mol. The lowest BCUT2D eigenvalue weighted by molar-refractivity contribution is 0.289. The summed E-state index contributed by atoms with van der Waals surface area (Å²) in [5.41, 5.74) is 1.30. The molecule has 0 aliphatic rings. The van der Waals surface area contributed by atoms with E-state index in [2.05, 4.69) is 46.5 Å². The number of rotatable bonds is 7. The van der Waals surface area contributed by atoms with Crippen molar-refractivity contribution in [1.29, 1.82) is 0 Å². The van der Waals surface area contributed by atoms with Gasteiger partial charge in [-0.1, -0.05) is 33.3 Å². The quantitative estimate of drug-likeness (QED) is 0.615. The molecule has 14 heavy (non-hydrogen) atoms. The van der Waals surface area contributed by atoms with E-state index in [9.17, 15) is 0 Å². The molecule has 0 spiro atoms. The van der Waals surface area contributed by atoms with Crippen LogP contribution in [0.1, 0.15) is 47.5 Å². The highest BCUT2D eigenvalue weighted by Crippen LogP contribution is 2.19. The molecule has 0 radical (unpaired) electrons. The van der Waals surface area contributed by atoms with Crippen LogP contribution in [0.4, 0.5) is 0 Å². The van der Waals surface area contributed by atoms with Gasteiger partial charge < -0.3 is 5.32 Å². The van der Waals surface area contributed by atoms with Gasteiger partial charge in [0.1, 0.15) is 0 Å². The van der Waals surface area contributed by atoms with E-state index in [0.717, 1.165) is 24.8 Å². The second kappa shape index (κ2) is 7.05. The first-order valence-electron chi connectivity index (χ1n) is 5.86. The fourth-order valence-electron chi connectivity index (χ4n) is 1.68. The van der Waals surface area contributed by atoms with Gasteiger partial charge in [-0.05, 0) is 38.1 Å². The fourth-order valence-corrected chi connectivity index (χ4v) is 1.68. The largest absolute Gasteiger partial charge is 0.314 e. The highest BCUT2D eigenvalue weighted by Gasteiger charge is 2.18. The average molecular weight is 197 g/mol. The summed E-state index contributed by atoms with van der Waals surface area (Å²) in [7, 11) is 0. The lowest BCUT2D eigenvalue weighted by atomic mass is 9.87. The first-order chi connectivity index (χ1) is 6.49. The van der Waals surface area contributed by atoms with E-state index in [0.29, 0.717) is 6.04 Å². The first kappa shape index (κ1) is 13.7. The van der Waals surface area contributed by atoms with Crippen LogP contribution in [0.2, 0.25) is 0 Å². The minimum atomic E-state index is 0.650. The van der Waals surface area contributed by atoms with Crippen molar-refractivity contribution >= 4 is 0 Å². The van der Waals surface area contributed by atoms with Crippen LogP contribution in [0, 0.1) is 11.8 Å². The zero-order chi connectivity index (χ0) is 11.1. The van der Waals surface area contributed by atoms with Crippen LogP contribution in [0.5, 0.6) is 0 Å². The van der Waals surface area contributed by atoms with E-state index >= 15 is 0 Å². The van der Waals surface area contributed by atoms with E-state index in [-0.39, 0.29) is 0 Å². The van der Waals surface area contributed by atoms with Gasteiger partial charge in [-0.25, -0.2) is 0 Å². The Labute approximate surface area is 90.0 Å². The van der Waals surface area contributed by atoms with Crippen LogP contribution >= 0.6 is 0 Å². The smallest absolute Gasteiger partial charge is 0.00980 e. The Morgan fingerprint density at radius 2 is 1.86 bits per heavy atom. The summed E-state index contributed by atoms with van der Waals surface area (Å²) in [5.74, 6) is 1.50. The Kier molecular flexibility index (Phi) is 6.90. The molecule has 1 nitrogen and oxygen atoms in total.